The first kappa shape index (κ1) is 12.5. The van der Waals surface area contributed by atoms with Gasteiger partial charge in [-0.3, -0.25) is 0 Å². The summed E-state index contributed by atoms with van der Waals surface area (Å²) in [7, 11) is 0. The standard InChI is InChI=1S/C14H19BrN2O/c15-12-1-2-13(17-5-7-18-8-6-17)11(9-12)10-14(16)3-4-14/h1-2,9H,3-8,10,16H2. The lowest BCUT2D eigenvalue weighted by Gasteiger charge is -2.31. The fourth-order valence-electron chi connectivity index (χ4n) is 2.53. The maximum absolute atomic E-state index is 6.27. The molecule has 0 atom stereocenters. The molecule has 1 aliphatic heterocycles. The highest BCUT2D eigenvalue weighted by molar-refractivity contribution is 9.10. The van der Waals surface area contributed by atoms with Gasteiger partial charge in [0, 0.05) is 28.8 Å². The average molecular weight is 311 g/mol. The number of hydrogen-bond acceptors (Lipinski definition) is 3. The molecule has 18 heavy (non-hydrogen) atoms. The lowest BCUT2D eigenvalue weighted by atomic mass is 10.0. The first-order valence-electron chi connectivity index (χ1n) is 6.56. The topological polar surface area (TPSA) is 38.5 Å². The first-order valence-corrected chi connectivity index (χ1v) is 7.36. The summed E-state index contributed by atoms with van der Waals surface area (Å²) in [5.74, 6) is 0. The van der Waals surface area contributed by atoms with E-state index in [1.54, 1.807) is 0 Å². The van der Waals surface area contributed by atoms with Crippen LogP contribution in [0.15, 0.2) is 22.7 Å². The third-order valence-electron chi connectivity index (χ3n) is 3.83. The van der Waals surface area contributed by atoms with Crippen LogP contribution in [-0.2, 0) is 11.2 Å². The van der Waals surface area contributed by atoms with Crippen LogP contribution < -0.4 is 10.6 Å². The van der Waals surface area contributed by atoms with Crippen molar-refractivity contribution in [2.24, 2.45) is 5.73 Å². The molecule has 0 radical (unpaired) electrons. The predicted molar refractivity (Wildman–Crippen MR) is 77.0 cm³/mol. The first-order chi connectivity index (χ1) is 8.66. The van der Waals surface area contributed by atoms with E-state index >= 15 is 0 Å². The van der Waals surface area contributed by atoms with Crippen molar-refractivity contribution in [1.29, 1.82) is 0 Å². The molecule has 3 rings (SSSR count). The zero-order valence-corrected chi connectivity index (χ0v) is 12.1. The van der Waals surface area contributed by atoms with Gasteiger partial charge in [-0.25, -0.2) is 0 Å². The number of nitrogens with zero attached hydrogens (tertiary/aromatic N) is 1. The monoisotopic (exact) mass is 310 g/mol. The Kier molecular flexibility index (Phi) is 3.34. The van der Waals surface area contributed by atoms with Crippen LogP contribution in [0.1, 0.15) is 18.4 Å². The maximum Gasteiger partial charge on any atom is 0.0642 e. The molecule has 3 nitrogen and oxygen atoms in total. The minimum absolute atomic E-state index is 0.0574. The Morgan fingerprint density at radius 2 is 2.00 bits per heavy atom. The van der Waals surface area contributed by atoms with Crippen molar-refractivity contribution in [3.63, 3.8) is 0 Å². The van der Waals surface area contributed by atoms with Gasteiger partial charge in [-0.05, 0) is 43.0 Å². The van der Waals surface area contributed by atoms with Crippen LogP contribution in [0.25, 0.3) is 0 Å². The van der Waals surface area contributed by atoms with Crippen molar-refractivity contribution in [2.45, 2.75) is 24.8 Å². The van der Waals surface area contributed by atoms with Crippen LogP contribution in [0.5, 0.6) is 0 Å². The molecule has 0 aromatic heterocycles. The molecule has 1 aromatic rings. The molecule has 1 saturated carbocycles. The second kappa shape index (κ2) is 4.83. The number of rotatable bonds is 3. The zero-order valence-electron chi connectivity index (χ0n) is 10.5. The van der Waals surface area contributed by atoms with Crippen LogP contribution in [0.2, 0.25) is 0 Å². The normalized spacial score (nSPS) is 22.0. The van der Waals surface area contributed by atoms with E-state index in [0.717, 1.165) is 50.0 Å². The van der Waals surface area contributed by atoms with Gasteiger partial charge in [0.25, 0.3) is 0 Å². The van der Waals surface area contributed by atoms with Gasteiger partial charge >= 0.3 is 0 Å². The van der Waals surface area contributed by atoms with Crippen molar-refractivity contribution in [1.82, 2.24) is 0 Å². The van der Waals surface area contributed by atoms with E-state index in [-0.39, 0.29) is 5.54 Å². The van der Waals surface area contributed by atoms with E-state index in [1.807, 2.05) is 0 Å². The van der Waals surface area contributed by atoms with E-state index in [2.05, 4.69) is 39.0 Å². The molecule has 0 amide bonds. The van der Waals surface area contributed by atoms with Crippen LogP contribution in [-0.4, -0.2) is 31.8 Å². The number of ether oxygens (including phenoxy) is 1. The Labute approximate surface area is 116 Å². The van der Waals surface area contributed by atoms with Gasteiger partial charge in [-0.15, -0.1) is 0 Å². The molecule has 2 N–H and O–H groups in total. The highest BCUT2D eigenvalue weighted by Crippen LogP contribution is 2.38. The third kappa shape index (κ3) is 2.71. The molecule has 1 heterocycles. The minimum Gasteiger partial charge on any atom is -0.378 e. The van der Waals surface area contributed by atoms with Gasteiger partial charge in [0.15, 0.2) is 0 Å². The molecule has 2 aliphatic rings. The molecule has 1 aromatic carbocycles. The summed E-state index contributed by atoms with van der Waals surface area (Å²) in [6.45, 7) is 3.60. The molecule has 1 aliphatic carbocycles. The lowest BCUT2D eigenvalue weighted by Crippen LogP contribution is -2.37. The Balaban J connectivity index is 1.86. The van der Waals surface area contributed by atoms with Crippen molar-refractivity contribution in [3.8, 4) is 0 Å². The molecule has 2 fully saturated rings. The molecule has 98 valence electrons. The van der Waals surface area contributed by atoms with Gasteiger partial charge in [0.2, 0.25) is 0 Å². The Morgan fingerprint density at radius 3 is 2.67 bits per heavy atom. The number of hydrogen-bond donors (Lipinski definition) is 1. The van der Waals surface area contributed by atoms with Gasteiger partial charge in [-0.2, -0.15) is 0 Å². The number of halogens is 1. The Bertz CT molecular complexity index is 439. The molecule has 0 bridgehead atoms. The van der Waals surface area contributed by atoms with Gasteiger partial charge in [0.05, 0.1) is 13.2 Å². The zero-order chi connectivity index (χ0) is 12.6. The second-order valence-electron chi connectivity index (χ2n) is 5.41. The molecule has 0 spiro atoms. The van der Waals surface area contributed by atoms with Crippen molar-refractivity contribution in [3.05, 3.63) is 28.2 Å². The van der Waals surface area contributed by atoms with Gasteiger partial charge < -0.3 is 15.4 Å². The fourth-order valence-corrected chi connectivity index (χ4v) is 2.93. The van der Waals surface area contributed by atoms with Crippen LogP contribution in [0.4, 0.5) is 5.69 Å². The smallest absolute Gasteiger partial charge is 0.0642 e. The van der Waals surface area contributed by atoms with Gasteiger partial charge in [-0.1, -0.05) is 15.9 Å². The van der Waals surface area contributed by atoms with E-state index in [9.17, 15) is 0 Å². The Hall–Kier alpha value is -0.580. The number of morpholine rings is 1. The van der Waals surface area contributed by atoms with Crippen LogP contribution >= 0.6 is 15.9 Å². The van der Waals surface area contributed by atoms with Crippen molar-refractivity contribution in [2.75, 3.05) is 31.2 Å². The summed E-state index contributed by atoms with van der Waals surface area (Å²) < 4.78 is 6.56. The van der Waals surface area contributed by atoms with Crippen molar-refractivity contribution >= 4 is 21.6 Å². The van der Waals surface area contributed by atoms with Crippen molar-refractivity contribution < 1.29 is 4.74 Å². The second-order valence-corrected chi connectivity index (χ2v) is 6.33. The van der Waals surface area contributed by atoms with Crippen LogP contribution in [0, 0.1) is 0 Å². The molecule has 4 heteroatoms. The lowest BCUT2D eigenvalue weighted by molar-refractivity contribution is 0.122. The summed E-state index contributed by atoms with van der Waals surface area (Å²) in [6, 6.07) is 6.54. The number of nitrogens with two attached hydrogens (primary N) is 1. The number of benzene rings is 1. The van der Waals surface area contributed by atoms with E-state index < -0.39 is 0 Å². The van der Waals surface area contributed by atoms with E-state index in [1.165, 1.54) is 11.3 Å². The third-order valence-corrected chi connectivity index (χ3v) is 4.32. The molecular weight excluding hydrogens is 292 g/mol. The van der Waals surface area contributed by atoms with Gasteiger partial charge in [0.1, 0.15) is 0 Å². The highest BCUT2D eigenvalue weighted by atomic mass is 79.9. The summed E-state index contributed by atoms with van der Waals surface area (Å²) in [4.78, 5) is 2.41. The molecule has 0 unspecified atom stereocenters. The maximum atomic E-state index is 6.27. The highest BCUT2D eigenvalue weighted by Gasteiger charge is 2.38. The number of anilines is 1. The summed E-state index contributed by atoms with van der Waals surface area (Å²) >= 11 is 3.56. The van der Waals surface area contributed by atoms with E-state index in [0.29, 0.717) is 0 Å². The molecule has 1 saturated heterocycles. The summed E-state index contributed by atoms with van der Waals surface area (Å²) in [6.07, 6.45) is 3.29. The summed E-state index contributed by atoms with van der Waals surface area (Å²) in [5, 5.41) is 0. The Morgan fingerprint density at radius 1 is 1.28 bits per heavy atom. The fraction of sp³-hybridized carbons (Fsp3) is 0.571. The molecular formula is C14H19BrN2O. The average Bonchev–Trinajstić information content (AvgIpc) is 3.08. The summed E-state index contributed by atoms with van der Waals surface area (Å²) in [5.41, 5.74) is 9.02. The largest absolute Gasteiger partial charge is 0.378 e. The predicted octanol–water partition coefficient (Wildman–Crippen LogP) is 2.32. The quantitative estimate of drug-likeness (QED) is 0.931. The SMILES string of the molecule is NC1(Cc2cc(Br)ccc2N2CCOCC2)CC1. The van der Waals surface area contributed by atoms with E-state index in [4.69, 9.17) is 10.5 Å². The van der Waals surface area contributed by atoms with Crippen LogP contribution in [0.3, 0.4) is 0 Å². The minimum atomic E-state index is 0.0574.